The fourth-order valence-electron chi connectivity index (χ4n) is 1.42. The molecule has 0 radical (unpaired) electrons. The van der Waals surface area contributed by atoms with Crippen molar-refractivity contribution in [2.75, 3.05) is 6.61 Å². The molecule has 1 fully saturated rings. The number of aliphatic hydroxyl groups is 1. The van der Waals surface area contributed by atoms with Gasteiger partial charge in [-0.15, -0.1) is 0 Å². The van der Waals surface area contributed by atoms with E-state index in [1.54, 1.807) is 0 Å². The second kappa shape index (κ2) is 5.65. The molecule has 0 aromatic heterocycles. The lowest BCUT2D eigenvalue weighted by atomic mass is 10.1. The Labute approximate surface area is 94.0 Å². The lowest BCUT2D eigenvalue weighted by molar-refractivity contribution is -0.146. The fourth-order valence-corrected chi connectivity index (χ4v) is 1.42. The highest BCUT2D eigenvalue weighted by atomic mass is 16.6. The van der Waals surface area contributed by atoms with Crippen molar-refractivity contribution < 1.29 is 24.2 Å². The number of hydrogen-bond acceptors (Lipinski definition) is 5. The van der Waals surface area contributed by atoms with E-state index in [0.29, 0.717) is 24.8 Å². The number of rotatable bonds is 5. The average Bonchev–Trinajstić information content (AvgIpc) is 2.60. The number of cyclic esters (lactones) is 1. The normalized spacial score (nSPS) is 21.4. The minimum atomic E-state index is -0.806. The van der Waals surface area contributed by atoms with Gasteiger partial charge in [0.05, 0.1) is 6.10 Å². The summed E-state index contributed by atoms with van der Waals surface area (Å²) < 4.78 is 9.70. The van der Waals surface area contributed by atoms with Gasteiger partial charge < -0.3 is 14.6 Å². The third-order valence-electron chi connectivity index (χ3n) is 2.26. The van der Waals surface area contributed by atoms with Crippen LogP contribution in [0.3, 0.4) is 0 Å². The van der Waals surface area contributed by atoms with Crippen LogP contribution in [0.25, 0.3) is 0 Å². The molecule has 5 nitrogen and oxygen atoms in total. The molecule has 0 saturated carbocycles. The Morgan fingerprint density at radius 1 is 1.75 bits per heavy atom. The van der Waals surface area contributed by atoms with E-state index in [1.807, 2.05) is 0 Å². The summed E-state index contributed by atoms with van der Waals surface area (Å²) in [4.78, 5) is 21.8. The van der Waals surface area contributed by atoms with Crippen molar-refractivity contribution in [2.24, 2.45) is 0 Å². The van der Waals surface area contributed by atoms with E-state index < -0.39 is 12.1 Å². The zero-order valence-corrected chi connectivity index (χ0v) is 9.27. The summed E-state index contributed by atoms with van der Waals surface area (Å²) in [5.41, 5.74) is 0.291. The molecule has 1 aliphatic rings. The van der Waals surface area contributed by atoms with E-state index in [0.717, 1.165) is 0 Å². The third-order valence-corrected chi connectivity index (χ3v) is 2.26. The summed E-state index contributed by atoms with van der Waals surface area (Å²) in [5, 5.41) is 9.53. The van der Waals surface area contributed by atoms with Crippen molar-refractivity contribution >= 4 is 11.9 Å². The van der Waals surface area contributed by atoms with Gasteiger partial charge in [0.2, 0.25) is 0 Å². The number of aliphatic hydroxyl groups excluding tert-OH is 1. The first-order chi connectivity index (χ1) is 7.49. The van der Waals surface area contributed by atoms with E-state index in [9.17, 15) is 14.7 Å². The van der Waals surface area contributed by atoms with Crippen LogP contribution in [0.15, 0.2) is 12.2 Å². The van der Waals surface area contributed by atoms with Crippen LogP contribution in [-0.4, -0.2) is 35.9 Å². The Hall–Kier alpha value is -1.36. The standard InChI is InChI=1S/C11H16O5/c1-7(2)11(14)15-6-8(12)5-9-3-4-10(13)16-9/h8-9,12H,1,3-6H2,2H3. The highest BCUT2D eigenvalue weighted by Gasteiger charge is 2.26. The molecular formula is C11H16O5. The van der Waals surface area contributed by atoms with Crippen LogP contribution in [0.5, 0.6) is 0 Å². The Kier molecular flexibility index (Phi) is 4.49. The number of carbonyl (C=O) groups is 2. The van der Waals surface area contributed by atoms with Gasteiger partial charge >= 0.3 is 11.9 Å². The summed E-state index contributed by atoms with van der Waals surface area (Å²) in [6.45, 7) is 4.86. The predicted molar refractivity (Wildman–Crippen MR) is 55.5 cm³/mol. The van der Waals surface area contributed by atoms with Crippen LogP contribution >= 0.6 is 0 Å². The molecule has 16 heavy (non-hydrogen) atoms. The molecular weight excluding hydrogens is 212 g/mol. The van der Waals surface area contributed by atoms with Gasteiger partial charge in [-0.1, -0.05) is 6.58 Å². The van der Waals surface area contributed by atoms with Crippen molar-refractivity contribution in [1.29, 1.82) is 0 Å². The topological polar surface area (TPSA) is 72.8 Å². The van der Waals surface area contributed by atoms with Crippen molar-refractivity contribution in [1.82, 2.24) is 0 Å². The predicted octanol–water partition coefficient (Wildman–Crippen LogP) is 0.562. The van der Waals surface area contributed by atoms with E-state index in [-0.39, 0.29) is 18.7 Å². The molecule has 2 unspecified atom stereocenters. The van der Waals surface area contributed by atoms with Gasteiger partial charge in [-0.05, 0) is 13.3 Å². The smallest absolute Gasteiger partial charge is 0.333 e. The molecule has 0 aliphatic carbocycles. The van der Waals surface area contributed by atoms with Crippen molar-refractivity contribution in [2.45, 2.75) is 38.4 Å². The average molecular weight is 228 g/mol. The first kappa shape index (κ1) is 12.7. The quantitative estimate of drug-likeness (QED) is 0.550. The van der Waals surface area contributed by atoms with Gasteiger partial charge in [-0.2, -0.15) is 0 Å². The van der Waals surface area contributed by atoms with Gasteiger partial charge in [-0.25, -0.2) is 4.79 Å². The first-order valence-electron chi connectivity index (χ1n) is 5.19. The zero-order chi connectivity index (χ0) is 12.1. The maximum atomic E-state index is 11.0. The zero-order valence-electron chi connectivity index (χ0n) is 9.27. The Balaban J connectivity index is 2.20. The van der Waals surface area contributed by atoms with Gasteiger partial charge in [0.25, 0.3) is 0 Å². The fraction of sp³-hybridized carbons (Fsp3) is 0.636. The van der Waals surface area contributed by atoms with Crippen LogP contribution in [0, 0.1) is 0 Å². The third kappa shape index (κ3) is 4.02. The minimum Gasteiger partial charge on any atom is -0.462 e. The Morgan fingerprint density at radius 2 is 2.44 bits per heavy atom. The Morgan fingerprint density at radius 3 is 2.94 bits per heavy atom. The molecule has 1 N–H and O–H groups in total. The summed E-state index contributed by atoms with van der Waals surface area (Å²) in [6, 6.07) is 0. The van der Waals surface area contributed by atoms with E-state index in [2.05, 4.69) is 6.58 Å². The van der Waals surface area contributed by atoms with Crippen LogP contribution < -0.4 is 0 Å². The molecule has 90 valence electrons. The summed E-state index contributed by atoms with van der Waals surface area (Å²) in [6.07, 6.45) is 0.243. The molecule has 1 saturated heterocycles. The highest BCUT2D eigenvalue weighted by molar-refractivity contribution is 5.86. The van der Waals surface area contributed by atoms with Crippen LogP contribution in [0.4, 0.5) is 0 Å². The lowest BCUT2D eigenvalue weighted by Gasteiger charge is -2.14. The van der Waals surface area contributed by atoms with Crippen LogP contribution in [0.2, 0.25) is 0 Å². The summed E-state index contributed by atoms with van der Waals surface area (Å²) in [7, 11) is 0. The maximum Gasteiger partial charge on any atom is 0.333 e. The largest absolute Gasteiger partial charge is 0.462 e. The Bertz CT molecular complexity index is 297. The van der Waals surface area contributed by atoms with Gasteiger partial charge in [0.1, 0.15) is 12.7 Å². The van der Waals surface area contributed by atoms with Crippen molar-refractivity contribution in [3.63, 3.8) is 0 Å². The molecule has 2 atom stereocenters. The molecule has 1 rings (SSSR count). The molecule has 0 aromatic rings. The van der Waals surface area contributed by atoms with Crippen molar-refractivity contribution in [3.8, 4) is 0 Å². The monoisotopic (exact) mass is 228 g/mol. The number of hydrogen-bond donors (Lipinski definition) is 1. The lowest BCUT2D eigenvalue weighted by Crippen LogP contribution is -2.24. The number of esters is 2. The van der Waals surface area contributed by atoms with E-state index in [4.69, 9.17) is 9.47 Å². The highest BCUT2D eigenvalue weighted by Crippen LogP contribution is 2.18. The first-order valence-corrected chi connectivity index (χ1v) is 5.19. The van der Waals surface area contributed by atoms with E-state index in [1.165, 1.54) is 6.92 Å². The number of ether oxygens (including phenoxy) is 2. The van der Waals surface area contributed by atoms with Crippen LogP contribution in [-0.2, 0) is 19.1 Å². The maximum absolute atomic E-state index is 11.0. The number of carbonyl (C=O) groups excluding carboxylic acids is 2. The van der Waals surface area contributed by atoms with Gasteiger partial charge in [0, 0.05) is 18.4 Å². The second-order valence-electron chi connectivity index (χ2n) is 3.92. The molecule has 5 heteroatoms. The molecule has 1 heterocycles. The van der Waals surface area contributed by atoms with Gasteiger partial charge in [-0.3, -0.25) is 4.79 Å². The van der Waals surface area contributed by atoms with E-state index >= 15 is 0 Å². The van der Waals surface area contributed by atoms with Crippen molar-refractivity contribution in [3.05, 3.63) is 12.2 Å². The summed E-state index contributed by atoms with van der Waals surface area (Å²) >= 11 is 0. The van der Waals surface area contributed by atoms with Crippen LogP contribution in [0.1, 0.15) is 26.2 Å². The van der Waals surface area contributed by atoms with Gasteiger partial charge in [0.15, 0.2) is 0 Å². The summed E-state index contributed by atoms with van der Waals surface area (Å²) in [5.74, 6) is -0.765. The minimum absolute atomic E-state index is 0.0975. The molecule has 1 aliphatic heterocycles. The molecule has 0 spiro atoms. The molecule has 0 aromatic carbocycles. The molecule has 0 bridgehead atoms. The second-order valence-corrected chi connectivity index (χ2v) is 3.92. The molecule has 0 amide bonds. The SMILES string of the molecule is C=C(C)C(=O)OCC(O)CC1CCC(=O)O1.